The highest BCUT2D eigenvalue weighted by Crippen LogP contribution is 2.22. The van der Waals surface area contributed by atoms with Gasteiger partial charge in [0.2, 0.25) is 0 Å². The molecule has 0 fully saturated rings. The van der Waals surface area contributed by atoms with Gasteiger partial charge in [-0.3, -0.25) is 0 Å². The molecule has 1 atom stereocenters. The summed E-state index contributed by atoms with van der Waals surface area (Å²) in [5.41, 5.74) is 0.523. The average Bonchev–Trinajstić information content (AvgIpc) is 2.37. The molecule has 0 spiro atoms. The fourth-order valence-electron chi connectivity index (χ4n) is 1.23. The molecule has 0 aliphatic heterocycles. The van der Waals surface area contributed by atoms with Crippen molar-refractivity contribution < 1.29 is 22.6 Å². The lowest BCUT2D eigenvalue weighted by atomic mass is 10.2. The molecule has 0 N–H and O–H groups in total. The average molecular weight is 273 g/mol. The van der Waals surface area contributed by atoms with Crippen LogP contribution < -0.4 is 4.74 Å². The number of alkyl halides is 3. The maximum atomic E-state index is 12.1. The second kappa shape index (κ2) is 7.00. The van der Waals surface area contributed by atoms with Gasteiger partial charge in [0.25, 0.3) is 0 Å². The fourth-order valence-corrected chi connectivity index (χ4v) is 1.23. The number of halogens is 3. The van der Waals surface area contributed by atoms with Crippen LogP contribution in [0.4, 0.5) is 13.2 Å². The SMILES string of the molecule is CC(OCCCOc1ccc(C#N)cc1)C(F)(F)F. The van der Waals surface area contributed by atoms with E-state index in [1.54, 1.807) is 24.3 Å². The summed E-state index contributed by atoms with van der Waals surface area (Å²) in [6.07, 6.45) is -5.73. The molecule has 1 unspecified atom stereocenters. The first-order chi connectivity index (χ1) is 8.93. The van der Waals surface area contributed by atoms with Crippen LogP contribution in [0, 0.1) is 11.3 Å². The Hall–Kier alpha value is -1.74. The topological polar surface area (TPSA) is 42.2 Å². The van der Waals surface area contributed by atoms with E-state index in [1.165, 1.54) is 0 Å². The molecule has 0 aliphatic carbocycles. The molecule has 0 aliphatic rings. The van der Waals surface area contributed by atoms with Crippen molar-refractivity contribution in [3.05, 3.63) is 29.8 Å². The fraction of sp³-hybridized carbons (Fsp3) is 0.462. The molecular weight excluding hydrogens is 259 g/mol. The van der Waals surface area contributed by atoms with Gasteiger partial charge < -0.3 is 9.47 Å². The predicted octanol–water partition coefficient (Wildman–Crippen LogP) is 3.29. The second-order valence-corrected chi connectivity index (χ2v) is 3.89. The normalized spacial score (nSPS) is 12.8. The van der Waals surface area contributed by atoms with Gasteiger partial charge >= 0.3 is 6.18 Å². The third-order valence-electron chi connectivity index (χ3n) is 2.37. The maximum absolute atomic E-state index is 12.1. The van der Waals surface area contributed by atoms with Crippen LogP contribution in [0.15, 0.2) is 24.3 Å². The highest BCUT2D eigenvalue weighted by atomic mass is 19.4. The maximum Gasteiger partial charge on any atom is 0.414 e. The molecule has 0 bridgehead atoms. The number of nitriles is 1. The standard InChI is InChI=1S/C13H14F3NO2/c1-10(13(14,15)16)18-7-2-8-19-12-5-3-11(9-17)4-6-12/h3-6,10H,2,7-8H2,1H3. The Morgan fingerprint density at radius 3 is 2.37 bits per heavy atom. The zero-order chi connectivity index (χ0) is 14.3. The zero-order valence-electron chi connectivity index (χ0n) is 10.4. The van der Waals surface area contributed by atoms with E-state index in [2.05, 4.69) is 4.74 Å². The van der Waals surface area contributed by atoms with Gasteiger partial charge in [-0.1, -0.05) is 0 Å². The van der Waals surface area contributed by atoms with Crippen LogP contribution in [-0.4, -0.2) is 25.5 Å². The lowest BCUT2D eigenvalue weighted by Gasteiger charge is -2.16. The van der Waals surface area contributed by atoms with Gasteiger partial charge in [0, 0.05) is 6.42 Å². The number of benzene rings is 1. The Labute approximate surface area is 109 Å². The Balaban J connectivity index is 2.19. The molecule has 1 aromatic rings. The van der Waals surface area contributed by atoms with E-state index < -0.39 is 12.3 Å². The first-order valence-electron chi connectivity index (χ1n) is 5.75. The van der Waals surface area contributed by atoms with Crippen molar-refractivity contribution in [1.29, 1.82) is 5.26 Å². The molecule has 6 heteroatoms. The van der Waals surface area contributed by atoms with Crippen molar-refractivity contribution in [2.24, 2.45) is 0 Å². The first kappa shape index (κ1) is 15.3. The van der Waals surface area contributed by atoms with E-state index in [9.17, 15) is 13.2 Å². The molecule has 0 amide bonds. The Morgan fingerprint density at radius 1 is 1.21 bits per heavy atom. The first-order valence-corrected chi connectivity index (χ1v) is 5.75. The smallest absolute Gasteiger partial charge is 0.414 e. The highest BCUT2D eigenvalue weighted by Gasteiger charge is 2.36. The summed E-state index contributed by atoms with van der Waals surface area (Å²) in [5, 5.41) is 8.59. The monoisotopic (exact) mass is 273 g/mol. The lowest BCUT2D eigenvalue weighted by Crippen LogP contribution is -2.29. The van der Waals surface area contributed by atoms with Crippen LogP contribution in [0.1, 0.15) is 18.9 Å². The number of nitrogens with zero attached hydrogens (tertiary/aromatic N) is 1. The van der Waals surface area contributed by atoms with Crippen LogP contribution in [0.5, 0.6) is 5.75 Å². The summed E-state index contributed by atoms with van der Waals surface area (Å²) in [6, 6.07) is 8.47. The molecule has 3 nitrogen and oxygen atoms in total. The molecule has 0 aromatic heterocycles. The van der Waals surface area contributed by atoms with Crippen molar-refractivity contribution in [2.45, 2.75) is 25.6 Å². The summed E-state index contributed by atoms with van der Waals surface area (Å²) >= 11 is 0. The third-order valence-corrected chi connectivity index (χ3v) is 2.37. The van der Waals surface area contributed by atoms with Crippen molar-refractivity contribution in [3.63, 3.8) is 0 Å². The van der Waals surface area contributed by atoms with Crippen LogP contribution in [-0.2, 0) is 4.74 Å². The molecular formula is C13H14F3NO2. The summed E-state index contributed by atoms with van der Waals surface area (Å²) in [7, 11) is 0. The molecule has 104 valence electrons. The van der Waals surface area contributed by atoms with Crippen LogP contribution >= 0.6 is 0 Å². The Kier molecular flexibility index (Phi) is 5.64. The number of hydrogen-bond acceptors (Lipinski definition) is 3. The van der Waals surface area contributed by atoms with E-state index in [0.29, 0.717) is 17.7 Å². The zero-order valence-corrected chi connectivity index (χ0v) is 10.4. The largest absolute Gasteiger partial charge is 0.494 e. The molecule has 0 radical (unpaired) electrons. The number of ether oxygens (including phenoxy) is 2. The summed E-state index contributed by atoms with van der Waals surface area (Å²) in [5.74, 6) is 0.572. The molecule has 1 aromatic carbocycles. The van der Waals surface area contributed by atoms with Gasteiger partial charge in [-0.15, -0.1) is 0 Å². The molecule has 1 rings (SSSR count). The summed E-state index contributed by atoms with van der Waals surface area (Å²) < 4.78 is 46.3. The highest BCUT2D eigenvalue weighted by molar-refractivity contribution is 5.34. The van der Waals surface area contributed by atoms with E-state index in [4.69, 9.17) is 10.00 Å². The van der Waals surface area contributed by atoms with Crippen LogP contribution in [0.25, 0.3) is 0 Å². The van der Waals surface area contributed by atoms with Crippen LogP contribution in [0.2, 0.25) is 0 Å². The third kappa shape index (κ3) is 5.62. The van der Waals surface area contributed by atoms with Crippen molar-refractivity contribution in [2.75, 3.05) is 13.2 Å². The van der Waals surface area contributed by atoms with Crippen molar-refractivity contribution >= 4 is 0 Å². The van der Waals surface area contributed by atoms with E-state index in [-0.39, 0.29) is 13.2 Å². The molecule has 0 saturated carbocycles. The Morgan fingerprint density at radius 2 is 1.84 bits per heavy atom. The molecule has 0 heterocycles. The minimum atomic E-state index is -4.33. The van der Waals surface area contributed by atoms with Crippen LogP contribution in [0.3, 0.4) is 0 Å². The minimum Gasteiger partial charge on any atom is -0.494 e. The molecule has 19 heavy (non-hydrogen) atoms. The van der Waals surface area contributed by atoms with Gasteiger partial charge in [0.05, 0.1) is 24.8 Å². The second-order valence-electron chi connectivity index (χ2n) is 3.89. The predicted molar refractivity (Wildman–Crippen MR) is 62.7 cm³/mol. The van der Waals surface area contributed by atoms with Gasteiger partial charge in [0.15, 0.2) is 6.10 Å². The van der Waals surface area contributed by atoms with Gasteiger partial charge in [-0.05, 0) is 31.2 Å². The molecule has 0 saturated heterocycles. The van der Waals surface area contributed by atoms with Gasteiger partial charge in [-0.2, -0.15) is 18.4 Å². The van der Waals surface area contributed by atoms with E-state index in [0.717, 1.165) is 6.92 Å². The number of hydrogen-bond donors (Lipinski definition) is 0. The van der Waals surface area contributed by atoms with Gasteiger partial charge in [-0.25, -0.2) is 0 Å². The quantitative estimate of drug-likeness (QED) is 0.747. The summed E-state index contributed by atoms with van der Waals surface area (Å²) in [4.78, 5) is 0. The lowest BCUT2D eigenvalue weighted by molar-refractivity contribution is -0.214. The number of rotatable bonds is 6. The summed E-state index contributed by atoms with van der Waals surface area (Å²) in [6.45, 7) is 1.22. The van der Waals surface area contributed by atoms with Crippen molar-refractivity contribution in [1.82, 2.24) is 0 Å². The van der Waals surface area contributed by atoms with Gasteiger partial charge in [0.1, 0.15) is 5.75 Å². The van der Waals surface area contributed by atoms with Crippen molar-refractivity contribution in [3.8, 4) is 11.8 Å². The van der Waals surface area contributed by atoms with E-state index >= 15 is 0 Å². The Bertz CT molecular complexity index is 423. The minimum absolute atomic E-state index is 0.0169. The van der Waals surface area contributed by atoms with E-state index in [1.807, 2.05) is 6.07 Å².